The van der Waals surface area contributed by atoms with Crippen molar-refractivity contribution >= 4 is 41.2 Å². The number of hydrogen-bond donors (Lipinski definition) is 2. The molecule has 0 aromatic heterocycles. The predicted octanol–water partition coefficient (Wildman–Crippen LogP) is 2.87. The predicted molar refractivity (Wildman–Crippen MR) is 91.0 cm³/mol. The van der Waals surface area contributed by atoms with Crippen molar-refractivity contribution in [2.75, 3.05) is 6.54 Å². The van der Waals surface area contributed by atoms with E-state index in [1.165, 1.54) is 6.21 Å². The van der Waals surface area contributed by atoms with Gasteiger partial charge in [-0.2, -0.15) is 5.10 Å². The quantitative estimate of drug-likeness (QED) is 0.643. The summed E-state index contributed by atoms with van der Waals surface area (Å²) in [6.07, 6.45) is 1.40. The fourth-order valence-electron chi connectivity index (χ4n) is 1.67. The summed E-state index contributed by atoms with van der Waals surface area (Å²) in [7, 11) is 0. The van der Waals surface area contributed by atoms with Crippen LogP contribution in [0, 0.1) is 0 Å². The van der Waals surface area contributed by atoms with Crippen LogP contribution in [0.3, 0.4) is 0 Å². The summed E-state index contributed by atoms with van der Waals surface area (Å²) in [6.45, 7) is -0.181. The highest BCUT2D eigenvalue weighted by Crippen LogP contribution is 2.19. The first kappa shape index (κ1) is 17.0. The van der Waals surface area contributed by atoms with E-state index in [1.54, 1.807) is 48.5 Å². The molecule has 0 spiro atoms. The minimum absolute atomic E-state index is 0.181. The van der Waals surface area contributed by atoms with Crippen molar-refractivity contribution in [2.45, 2.75) is 0 Å². The van der Waals surface area contributed by atoms with Crippen LogP contribution >= 0.6 is 23.2 Å². The van der Waals surface area contributed by atoms with Gasteiger partial charge >= 0.3 is 0 Å². The number of benzene rings is 2. The molecule has 2 rings (SSSR count). The molecule has 0 saturated carbocycles. The van der Waals surface area contributed by atoms with Gasteiger partial charge in [-0.1, -0.05) is 47.5 Å². The van der Waals surface area contributed by atoms with Crippen LogP contribution in [0.5, 0.6) is 0 Å². The van der Waals surface area contributed by atoms with Gasteiger partial charge in [-0.05, 0) is 24.3 Å². The molecule has 7 heteroatoms. The number of halogens is 2. The molecule has 0 aliphatic heterocycles. The Hall–Kier alpha value is -2.37. The summed E-state index contributed by atoms with van der Waals surface area (Å²) < 4.78 is 0. The van der Waals surface area contributed by atoms with E-state index in [2.05, 4.69) is 15.8 Å². The number of carbonyl (C=O) groups is 2. The van der Waals surface area contributed by atoms with Crippen molar-refractivity contribution in [1.29, 1.82) is 0 Å². The number of rotatable bonds is 5. The molecule has 2 N–H and O–H groups in total. The van der Waals surface area contributed by atoms with E-state index in [0.717, 1.165) is 0 Å². The molecule has 0 saturated heterocycles. The van der Waals surface area contributed by atoms with Gasteiger partial charge in [-0.25, -0.2) is 5.43 Å². The summed E-state index contributed by atoms with van der Waals surface area (Å²) in [5, 5.41) is 7.21. The summed E-state index contributed by atoms with van der Waals surface area (Å²) in [4.78, 5) is 23.4. The van der Waals surface area contributed by atoms with E-state index in [1.807, 2.05) is 0 Å². The van der Waals surface area contributed by atoms with E-state index in [-0.39, 0.29) is 12.5 Å². The van der Waals surface area contributed by atoms with Crippen LogP contribution in [-0.2, 0) is 4.79 Å². The Morgan fingerprint density at radius 1 is 1.09 bits per heavy atom. The molecule has 2 aromatic carbocycles. The van der Waals surface area contributed by atoms with Gasteiger partial charge in [-0.3, -0.25) is 9.59 Å². The largest absolute Gasteiger partial charge is 0.343 e. The zero-order valence-corrected chi connectivity index (χ0v) is 13.4. The van der Waals surface area contributed by atoms with Crippen LogP contribution in [0.15, 0.2) is 53.6 Å². The summed E-state index contributed by atoms with van der Waals surface area (Å²) >= 11 is 11.8. The molecule has 0 radical (unpaired) electrons. The molecule has 5 nitrogen and oxygen atoms in total. The molecule has 23 heavy (non-hydrogen) atoms. The molecule has 2 amide bonds. The van der Waals surface area contributed by atoms with Crippen molar-refractivity contribution in [2.24, 2.45) is 5.10 Å². The Morgan fingerprint density at radius 3 is 2.52 bits per heavy atom. The molecule has 0 fully saturated rings. The molecule has 0 unspecified atom stereocenters. The monoisotopic (exact) mass is 349 g/mol. The zero-order valence-electron chi connectivity index (χ0n) is 11.9. The lowest BCUT2D eigenvalue weighted by Crippen LogP contribution is -2.34. The molecule has 0 aliphatic rings. The van der Waals surface area contributed by atoms with E-state index in [0.29, 0.717) is 21.2 Å². The molecular weight excluding hydrogens is 337 g/mol. The van der Waals surface area contributed by atoms with Crippen molar-refractivity contribution in [3.05, 3.63) is 69.7 Å². The van der Waals surface area contributed by atoms with Gasteiger partial charge in [0.15, 0.2) is 0 Å². The first-order valence-corrected chi connectivity index (χ1v) is 7.42. The van der Waals surface area contributed by atoms with E-state index in [9.17, 15) is 9.59 Å². The average Bonchev–Trinajstić information content (AvgIpc) is 2.55. The second-order valence-corrected chi connectivity index (χ2v) is 5.35. The second-order valence-electron chi connectivity index (χ2n) is 4.51. The molecule has 0 atom stereocenters. The maximum atomic E-state index is 11.8. The minimum atomic E-state index is -0.449. The number of carbonyl (C=O) groups excluding carboxylic acids is 2. The Bertz CT molecular complexity index is 733. The SMILES string of the molecule is O=C(CNC(=O)c1ccccc1)N/N=C/c1ccc(Cl)cc1Cl. The van der Waals surface area contributed by atoms with Crippen LogP contribution in [0.1, 0.15) is 15.9 Å². The topological polar surface area (TPSA) is 70.6 Å². The molecular formula is C16H13Cl2N3O2. The van der Waals surface area contributed by atoms with Crippen molar-refractivity contribution in [3.63, 3.8) is 0 Å². The fraction of sp³-hybridized carbons (Fsp3) is 0.0625. The van der Waals surface area contributed by atoms with Crippen LogP contribution in [0.4, 0.5) is 0 Å². The summed E-state index contributed by atoms with van der Waals surface area (Å²) in [5.41, 5.74) is 3.40. The number of hydrogen-bond acceptors (Lipinski definition) is 3. The van der Waals surface area contributed by atoms with E-state index >= 15 is 0 Å². The van der Waals surface area contributed by atoms with Crippen LogP contribution in [0.25, 0.3) is 0 Å². The van der Waals surface area contributed by atoms with Crippen molar-refractivity contribution < 1.29 is 9.59 Å². The highest BCUT2D eigenvalue weighted by molar-refractivity contribution is 6.36. The lowest BCUT2D eigenvalue weighted by molar-refractivity contribution is -0.120. The van der Waals surface area contributed by atoms with Crippen LogP contribution in [0.2, 0.25) is 10.0 Å². The Morgan fingerprint density at radius 2 is 1.83 bits per heavy atom. The Kier molecular flexibility index (Phi) is 6.14. The number of amides is 2. The van der Waals surface area contributed by atoms with Crippen LogP contribution < -0.4 is 10.7 Å². The third-order valence-corrected chi connectivity index (χ3v) is 3.36. The number of nitrogens with one attached hydrogen (secondary N) is 2. The van der Waals surface area contributed by atoms with Gasteiger partial charge in [0.2, 0.25) is 0 Å². The number of hydrazone groups is 1. The Balaban J connectivity index is 1.81. The normalized spacial score (nSPS) is 10.5. The molecule has 0 bridgehead atoms. The highest BCUT2D eigenvalue weighted by Gasteiger charge is 2.06. The van der Waals surface area contributed by atoms with Gasteiger partial charge in [0, 0.05) is 16.1 Å². The van der Waals surface area contributed by atoms with Gasteiger partial charge < -0.3 is 5.32 Å². The highest BCUT2D eigenvalue weighted by atomic mass is 35.5. The molecule has 0 aliphatic carbocycles. The first-order chi connectivity index (χ1) is 11.1. The zero-order chi connectivity index (χ0) is 16.7. The summed E-state index contributed by atoms with van der Waals surface area (Å²) in [5.74, 6) is -0.777. The average molecular weight is 350 g/mol. The van der Waals surface area contributed by atoms with Gasteiger partial charge in [0.05, 0.1) is 17.8 Å². The van der Waals surface area contributed by atoms with Gasteiger partial charge in [0.25, 0.3) is 11.8 Å². The number of nitrogens with zero attached hydrogens (tertiary/aromatic N) is 1. The van der Waals surface area contributed by atoms with E-state index < -0.39 is 5.91 Å². The van der Waals surface area contributed by atoms with Crippen molar-refractivity contribution in [3.8, 4) is 0 Å². The third kappa shape index (κ3) is 5.39. The minimum Gasteiger partial charge on any atom is -0.343 e. The Labute approximate surface area is 143 Å². The van der Waals surface area contributed by atoms with Gasteiger partial charge in [-0.15, -0.1) is 0 Å². The van der Waals surface area contributed by atoms with Crippen LogP contribution in [-0.4, -0.2) is 24.6 Å². The summed E-state index contributed by atoms with van der Waals surface area (Å²) in [6, 6.07) is 13.5. The smallest absolute Gasteiger partial charge is 0.259 e. The fourth-order valence-corrected chi connectivity index (χ4v) is 2.13. The maximum Gasteiger partial charge on any atom is 0.259 e. The molecule has 2 aromatic rings. The first-order valence-electron chi connectivity index (χ1n) is 6.66. The van der Waals surface area contributed by atoms with E-state index in [4.69, 9.17) is 23.2 Å². The molecule has 0 heterocycles. The standard InChI is InChI=1S/C16H13Cl2N3O2/c17-13-7-6-12(14(18)8-13)9-20-21-15(22)10-19-16(23)11-4-2-1-3-5-11/h1-9H,10H2,(H,19,23)(H,21,22)/b20-9+. The molecule has 118 valence electrons. The maximum absolute atomic E-state index is 11.8. The lowest BCUT2D eigenvalue weighted by atomic mass is 10.2. The third-order valence-electron chi connectivity index (χ3n) is 2.80. The lowest BCUT2D eigenvalue weighted by Gasteiger charge is -2.04. The van der Waals surface area contributed by atoms with Gasteiger partial charge in [0.1, 0.15) is 0 Å². The second kappa shape index (κ2) is 8.31. The van der Waals surface area contributed by atoms with Crippen molar-refractivity contribution in [1.82, 2.24) is 10.7 Å².